The molecule has 0 saturated carbocycles. The van der Waals surface area contributed by atoms with Crippen LogP contribution in [0.5, 0.6) is 0 Å². The molecule has 2 heteroatoms. The zero-order valence-corrected chi connectivity index (χ0v) is 9.96. The van der Waals surface area contributed by atoms with Crippen molar-refractivity contribution in [2.24, 2.45) is 0 Å². The molecule has 1 heterocycles. The summed E-state index contributed by atoms with van der Waals surface area (Å²) in [7, 11) is 0. The Morgan fingerprint density at radius 2 is 2.00 bits per heavy atom. The Labute approximate surface area is 93.6 Å². The molecule has 0 aromatic heterocycles. The lowest BCUT2D eigenvalue weighted by atomic mass is 10.1. The molecule has 0 N–H and O–H groups in total. The summed E-state index contributed by atoms with van der Waals surface area (Å²) < 4.78 is 5.89. The highest BCUT2D eigenvalue weighted by Gasteiger charge is 2.25. The molecule has 2 atom stereocenters. The molecule has 1 aliphatic rings. The van der Waals surface area contributed by atoms with Gasteiger partial charge in [0.15, 0.2) is 0 Å². The summed E-state index contributed by atoms with van der Waals surface area (Å²) in [5, 5.41) is 0.954. The van der Waals surface area contributed by atoms with E-state index in [0.29, 0.717) is 12.2 Å². The van der Waals surface area contributed by atoms with E-state index in [1.165, 1.54) is 17.5 Å². The molecule has 2 unspecified atom stereocenters. The number of hydrogen-bond donors (Lipinski definition) is 0. The van der Waals surface area contributed by atoms with Crippen LogP contribution in [0.25, 0.3) is 0 Å². The van der Waals surface area contributed by atoms with E-state index in [9.17, 15) is 0 Å². The summed E-state index contributed by atoms with van der Waals surface area (Å²) >= 11 is 3.46. The molecule has 1 aromatic carbocycles. The Kier molecular flexibility index (Phi) is 3.24. The topological polar surface area (TPSA) is 9.23 Å². The SMILES string of the molecule is Cc1ccc(C2CCC(CBr)O2)cc1. The number of benzene rings is 1. The number of halogens is 1. The molecule has 1 nitrogen and oxygen atoms in total. The molecule has 76 valence electrons. The van der Waals surface area contributed by atoms with E-state index in [1.807, 2.05) is 0 Å². The summed E-state index contributed by atoms with van der Waals surface area (Å²) in [6.07, 6.45) is 3.04. The van der Waals surface area contributed by atoms with Gasteiger partial charge in [0.2, 0.25) is 0 Å². The van der Waals surface area contributed by atoms with Gasteiger partial charge in [0, 0.05) is 5.33 Å². The number of alkyl halides is 1. The van der Waals surface area contributed by atoms with Crippen LogP contribution in [0.1, 0.15) is 30.1 Å². The lowest BCUT2D eigenvalue weighted by Crippen LogP contribution is -2.07. The van der Waals surface area contributed by atoms with E-state index in [-0.39, 0.29) is 0 Å². The molecular formula is C12H15BrO. The maximum absolute atomic E-state index is 5.89. The Hall–Kier alpha value is -0.340. The number of ether oxygens (including phenoxy) is 1. The fourth-order valence-corrected chi connectivity index (χ4v) is 2.32. The molecule has 14 heavy (non-hydrogen) atoms. The quantitative estimate of drug-likeness (QED) is 0.733. The van der Waals surface area contributed by atoms with Gasteiger partial charge in [-0.3, -0.25) is 0 Å². The third-order valence-electron chi connectivity index (χ3n) is 2.73. The highest BCUT2D eigenvalue weighted by Crippen LogP contribution is 2.33. The van der Waals surface area contributed by atoms with Gasteiger partial charge in [-0.05, 0) is 25.3 Å². The van der Waals surface area contributed by atoms with Crippen LogP contribution >= 0.6 is 15.9 Å². The summed E-state index contributed by atoms with van der Waals surface area (Å²) in [6, 6.07) is 8.66. The van der Waals surface area contributed by atoms with Gasteiger partial charge in [0.25, 0.3) is 0 Å². The number of hydrogen-bond acceptors (Lipinski definition) is 1. The average Bonchev–Trinajstić information content (AvgIpc) is 2.67. The van der Waals surface area contributed by atoms with Crippen molar-refractivity contribution >= 4 is 15.9 Å². The molecule has 0 radical (unpaired) electrons. The molecule has 0 aliphatic carbocycles. The highest BCUT2D eigenvalue weighted by atomic mass is 79.9. The van der Waals surface area contributed by atoms with E-state index in [0.717, 1.165) is 11.8 Å². The predicted molar refractivity (Wildman–Crippen MR) is 61.8 cm³/mol. The van der Waals surface area contributed by atoms with Gasteiger partial charge < -0.3 is 4.74 Å². The first-order valence-electron chi connectivity index (χ1n) is 5.07. The van der Waals surface area contributed by atoms with E-state index >= 15 is 0 Å². The predicted octanol–water partition coefficient (Wildman–Crippen LogP) is 3.61. The van der Waals surface area contributed by atoms with Crippen LogP contribution in [0.4, 0.5) is 0 Å². The zero-order valence-electron chi connectivity index (χ0n) is 8.37. The van der Waals surface area contributed by atoms with Crippen LogP contribution < -0.4 is 0 Å². The second-order valence-electron chi connectivity index (χ2n) is 3.89. The molecule has 0 amide bonds. The fraction of sp³-hybridized carbons (Fsp3) is 0.500. The second kappa shape index (κ2) is 4.45. The van der Waals surface area contributed by atoms with Gasteiger partial charge in [0.1, 0.15) is 0 Å². The van der Waals surface area contributed by atoms with E-state index in [4.69, 9.17) is 4.74 Å². The largest absolute Gasteiger partial charge is 0.369 e. The van der Waals surface area contributed by atoms with Crippen molar-refractivity contribution in [2.45, 2.75) is 32.0 Å². The minimum Gasteiger partial charge on any atom is -0.369 e. The third-order valence-corrected chi connectivity index (χ3v) is 3.45. The maximum atomic E-state index is 5.89. The average molecular weight is 255 g/mol. The van der Waals surface area contributed by atoms with Crippen LogP contribution in [0.15, 0.2) is 24.3 Å². The van der Waals surface area contributed by atoms with Gasteiger partial charge in [-0.2, -0.15) is 0 Å². The monoisotopic (exact) mass is 254 g/mol. The van der Waals surface area contributed by atoms with Gasteiger partial charge >= 0.3 is 0 Å². The molecule has 1 saturated heterocycles. The maximum Gasteiger partial charge on any atom is 0.0830 e. The molecule has 1 aliphatic heterocycles. The molecule has 1 aromatic rings. The fourth-order valence-electron chi connectivity index (χ4n) is 1.85. The molecule has 0 bridgehead atoms. The Morgan fingerprint density at radius 3 is 2.57 bits per heavy atom. The van der Waals surface area contributed by atoms with Gasteiger partial charge in [-0.25, -0.2) is 0 Å². The molecule has 0 spiro atoms. The number of rotatable bonds is 2. The Bertz CT molecular complexity index is 294. The van der Waals surface area contributed by atoms with Crippen molar-refractivity contribution in [2.75, 3.05) is 5.33 Å². The first kappa shape index (κ1) is 10.2. The van der Waals surface area contributed by atoms with Gasteiger partial charge in [-0.1, -0.05) is 45.8 Å². The van der Waals surface area contributed by atoms with Crippen molar-refractivity contribution in [3.63, 3.8) is 0 Å². The van der Waals surface area contributed by atoms with Crippen molar-refractivity contribution in [1.29, 1.82) is 0 Å². The molecule has 2 rings (SSSR count). The smallest absolute Gasteiger partial charge is 0.0830 e. The van der Waals surface area contributed by atoms with Gasteiger partial charge in [-0.15, -0.1) is 0 Å². The van der Waals surface area contributed by atoms with Crippen LogP contribution in [0.3, 0.4) is 0 Å². The zero-order chi connectivity index (χ0) is 9.97. The van der Waals surface area contributed by atoms with Crippen LogP contribution in [0, 0.1) is 6.92 Å². The van der Waals surface area contributed by atoms with Crippen LogP contribution in [-0.2, 0) is 4.74 Å². The minimum atomic E-state index is 0.318. The summed E-state index contributed by atoms with van der Waals surface area (Å²) in [4.78, 5) is 0. The lowest BCUT2D eigenvalue weighted by molar-refractivity contribution is 0.0588. The Morgan fingerprint density at radius 1 is 1.29 bits per heavy atom. The lowest BCUT2D eigenvalue weighted by Gasteiger charge is -2.12. The molecule has 1 fully saturated rings. The van der Waals surface area contributed by atoms with Crippen molar-refractivity contribution in [3.8, 4) is 0 Å². The van der Waals surface area contributed by atoms with Gasteiger partial charge in [0.05, 0.1) is 12.2 Å². The molecular weight excluding hydrogens is 240 g/mol. The Balaban J connectivity index is 2.06. The normalized spacial score (nSPS) is 26.7. The summed E-state index contributed by atoms with van der Waals surface area (Å²) in [5.41, 5.74) is 2.63. The standard InChI is InChI=1S/C12H15BrO/c1-9-2-4-10(5-3-9)12-7-6-11(8-13)14-12/h2-5,11-12H,6-8H2,1H3. The number of aryl methyl sites for hydroxylation is 1. The van der Waals surface area contributed by atoms with Crippen molar-refractivity contribution < 1.29 is 4.74 Å². The first-order chi connectivity index (χ1) is 6.79. The van der Waals surface area contributed by atoms with Crippen molar-refractivity contribution in [1.82, 2.24) is 0 Å². The first-order valence-corrected chi connectivity index (χ1v) is 6.19. The van der Waals surface area contributed by atoms with Crippen LogP contribution in [-0.4, -0.2) is 11.4 Å². The van der Waals surface area contributed by atoms with E-state index < -0.39 is 0 Å². The summed E-state index contributed by atoms with van der Waals surface area (Å²) in [6.45, 7) is 2.11. The second-order valence-corrected chi connectivity index (χ2v) is 4.54. The summed E-state index contributed by atoms with van der Waals surface area (Å²) in [5.74, 6) is 0. The van der Waals surface area contributed by atoms with E-state index in [1.54, 1.807) is 0 Å². The van der Waals surface area contributed by atoms with Crippen LogP contribution in [0.2, 0.25) is 0 Å². The van der Waals surface area contributed by atoms with E-state index in [2.05, 4.69) is 47.1 Å². The third kappa shape index (κ3) is 2.18. The highest BCUT2D eigenvalue weighted by molar-refractivity contribution is 9.09. The minimum absolute atomic E-state index is 0.318. The van der Waals surface area contributed by atoms with Crippen molar-refractivity contribution in [3.05, 3.63) is 35.4 Å².